The molecule has 0 saturated carbocycles. The molecule has 0 aromatic heterocycles. The summed E-state index contributed by atoms with van der Waals surface area (Å²) >= 11 is 0. The van der Waals surface area contributed by atoms with Crippen LogP contribution in [0, 0.1) is 0 Å². The summed E-state index contributed by atoms with van der Waals surface area (Å²) in [6.45, 7) is 0. The lowest BCUT2D eigenvalue weighted by atomic mass is 10.1. The predicted octanol–water partition coefficient (Wildman–Crippen LogP) is 3.36. The molecule has 2 aromatic rings. The van der Waals surface area contributed by atoms with Crippen molar-refractivity contribution in [2.24, 2.45) is 0 Å². The minimum Gasteiger partial charge on any atom is -0.330 e. The Kier molecular flexibility index (Phi) is 4.19. The van der Waals surface area contributed by atoms with Gasteiger partial charge in [-0.2, -0.15) is 13.2 Å². The predicted molar refractivity (Wildman–Crippen MR) is 84.8 cm³/mol. The van der Waals surface area contributed by atoms with Crippen LogP contribution in [0.2, 0.25) is 0 Å². The number of rotatable bonds is 2. The Balaban J connectivity index is 1.80. The molecule has 2 aromatic carbocycles. The molecule has 5 nitrogen and oxygen atoms in total. The molecule has 9 heteroatoms. The maximum Gasteiger partial charge on any atom is 0.418 e. The fourth-order valence-electron chi connectivity index (χ4n) is 2.73. The van der Waals surface area contributed by atoms with E-state index in [2.05, 4.69) is 10.6 Å². The van der Waals surface area contributed by atoms with Crippen molar-refractivity contribution < 1.29 is 26.4 Å². The Morgan fingerprint density at radius 3 is 2.40 bits per heavy atom. The summed E-state index contributed by atoms with van der Waals surface area (Å²) in [4.78, 5) is 12.2. The maximum absolute atomic E-state index is 13.0. The summed E-state index contributed by atoms with van der Waals surface area (Å²) in [6.07, 6.45) is -4.62. The highest BCUT2D eigenvalue weighted by Crippen LogP contribution is 2.35. The van der Waals surface area contributed by atoms with Gasteiger partial charge in [-0.15, -0.1) is 0 Å². The first-order valence-electron chi connectivity index (χ1n) is 7.24. The van der Waals surface area contributed by atoms with Gasteiger partial charge in [0, 0.05) is 0 Å². The number of hydrogen-bond donors (Lipinski definition) is 2. The normalized spacial score (nSPS) is 18.4. The number of carbonyl (C=O) groups excluding carboxylic acids is 1. The minimum atomic E-state index is -4.62. The number of anilines is 1. The number of nitrogens with one attached hydrogen (secondary N) is 2. The fourth-order valence-corrected chi connectivity index (χ4v) is 4.46. The van der Waals surface area contributed by atoms with E-state index in [1.165, 1.54) is 18.2 Å². The lowest BCUT2D eigenvalue weighted by molar-refractivity contribution is -0.136. The molecule has 1 atom stereocenters. The van der Waals surface area contributed by atoms with Crippen molar-refractivity contribution in [3.8, 4) is 0 Å². The van der Waals surface area contributed by atoms with Crippen LogP contribution in [0.4, 0.5) is 23.7 Å². The van der Waals surface area contributed by atoms with Gasteiger partial charge >= 0.3 is 12.2 Å². The van der Waals surface area contributed by atoms with Gasteiger partial charge in [-0.25, -0.2) is 13.2 Å². The Morgan fingerprint density at radius 1 is 1.04 bits per heavy atom. The van der Waals surface area contributed by atoms with Gasteiger partial charge in [-0.05, 0) is 23.8 Å². The quantitative estimate of drug-likeness (QED) is 0.851. The molecule has 1 aliphatic heterocycles. The number of urea groups is 1. The summed E-state index contributed by atoms with van der Waals surface area (Å²) in [5, 5.41) is 4.56. The third kappa shape index (κ3) is 3.46. The standard InChI is InChI=1S/C16H13F3N2O3S/c17-16(18,19)11-6-2-3-7-12(11)20-15(22)21-13-9-25(23,24)14-8-4-1-5-10(13)14/h1-8,13H,9H2,(H2,20,21,22)/t13-/m1/s1. The average molecular weight is 370 g/mol. The molecule has 0 saturated heterocycles. The maximum atomic E-state index is 13.0. The van der Waals surface area contributed by atoms with Crippen molar-refractivity contribution in [1.29, 1.82) is 0 Å². The lowest BCUT2D eigenvalue weighted by Crippen LogP contribution is -2.34. The second kappa shape index (κ2) is 6.07. The van der Waals surface area contributed by atoms with E-state index in [1.54, 1.807) is 18.2 Å². The van der Waals surface area contributed by atoms with E-state index < -0.39 is 39.3 Å². The Bertz CT molecular complexity index is 926. The highest BCUT2D eigenvalue weighted by Gasteiger charge is 2.36. The third-order valence-corrected chi connectivity index (χ3v) is 5.62. The number of hydrogen-bond acceptors (Lipinski definition) is 3. The zero-order chi connectivity index (χ0) is 18.2. The molecule has 0 fully saturated rings. The number of sulfone groups is 1. The van der Waals surface area contributed by atoms with Crippen molar-refractivity contribution in [1.82, 2.24) is 5.32 Å². The molecule has 2 N–H and O–H groups in total. The smallest absolute Gasteiger partial charge is 0.330 e. The van der Waals surface area contributed by atoms with E-state index in [-0.39, 0.29) is 10.6 Å². The molecule has 1 heterocycles. The summed E-state index contributed by atoms with van der Waals surface area (Å²) in [7, 11) is -3.53. The zero-order valence-corrected chi connectivity index (χ0v) is 13.5. The molecule has 0 bridgehead atoms. The highest BCUT2D eigenvalue weighted by atomic mass is 32.2. The number of carbonyl (C=O) groups is 1. The van der Waals surface area contributed by atoms with E-state index >= 15 is 0 Å². The van der Waals surface area contributed by atoms with Gasteiger partial charge < -0.3 is 10.6 Å². The Morgan fingerprint density at radius 2 is 1.68 bits per heavy atom. The SMILES string of the molecule is O=C(Nc1ccccc1C(F)(F)F)N[C@@H]1CS(=O)(=O)c2ccccc21. The van der Waals surface area contributed by atoms with Crippen LogP contribution in [-0.2, 0) is 16.0 Å². The van der Waals surface area contributed by atoms with Gasteiger partial charge in [0.2, 0.25) is 0 Å². The fraction of sp³-hybridized carbons (Fsp3) is 0.188. The van der Waals surface area contributed by atoms with Crippen molar-refractivity contribution in [2.75, 3.05) is 11.1 Å². The first-order chi connectivity index (χ1) is 11.7. The summed E-state index contributed by atoms with van der Waals surface area (Å²) in [5.41, 5.74) is -0.965. The van der Waals surface area contributed by atoms with Crippen molar-refractivity contribution in [2.45, 2.75) is 17.1 Å². The molecule has 3 rings (SSSR count). The van der Waals surface area contributed by atoms with Gasteiger partial charge in [-0.3, -0.25) is 0 Å². The number of benzene rings is 2. The molecular weight excluding hydrogens is 357 g/mol. The van der Waals surface area contributed by atoms with E-state index in [0.29, 0.717) is 5.56 Å². The van der Waals surface area contributed by atoms with Crippen molar-refractivity contribution >= 4 is 21.6 Å². The zero-order valence-electron chi connectivity index (χ0n) is 12.7. The van der Waals surface area contributed by atoms with Crippen LogP contribution < -0.4 is 10.6 Å². The van der Waals surface area contributed by atoms with Crippen molar-refractivity contribution in [3.63, 3.8) is 0 Å². The lowest BCUT2D eigenvalue weighted by Gasteiger charge is -2.16. The highest BCUT2D eigenvalue weighted by molar-refractivity contribution is 7.91. The van der Waals surface area contributed by atoms with Gasteiger partial charge in [0.15, 0.2) is 9.84 Å². The first kappa shape index (κ1) is 17.3. The molecule has 0 unspecified atom stereocenters. The molecule has 25 heavy (non-hydrogen) atoms. The van der Waals surface area contributed by atoms with Crippen LogP contribution in [0.25, 0.3) is 0 Å². The monoisotopic (exact) mass is 370 g/mol. The number of para-hydroxylation sites is 1. The Hall–Kier alpha value is -2.55. The molecule has 0 radical (unpaired) electrons. The number of alkyl halides is 3. The summed E-state index contributed by atoms with van der Waals surface area (Å²) < 4.78 is 63.0. The largest absolute Gasteiger partial charge is 0.418 e. The molecule has 0 spiro atoms. The van der Waals surface area contributed by atoms with E-state index in [4.69, 9.17) is 0 Å². The molecule has 0 aliphatic carbocycles. The van der Waals surface area contributed by atoms with Crippen LogP contribution in [0.3, 0.4) is 0 Å². The van der Waals surface area contributed by atoms with Crippen molar-refractivity contribution in [3.05, 3.63) is 59.7 Å². The average Bonchev–Trinajstić information content (AvgIpc) is 2.78. The number of halogens is 3. The van der Waals surface area contributed by atoms with E-state index in [9.17, 15) is 26.4 Å². The van der Waals surface area contributed by atoms with E-state index in [0.717, 1.165) is 12.1 Å². The topological polar surface area (TPSA) is 75.3 Å². The van der Waals surface area contributed by atoms with Crippen LogP contribution in [0.15, 0.2) is 53.4 Å². The van der Waals surface area contributed by atoms with E-state index in [1.807, 2.05) is 0 Å². The number of amides is 2. The molecule has 2 amide bonds. The minimum absolute atomic E-state index is 0.121. The third-order valence-electron chi connectivity index (χ3n) is 3.80. The van der Waals surface area contributed by atoms with Gasteiger partial charge in [0.1, 0.15) is 0 Å². The summed E-state index contributed by atoms with van der Waals surface area (Å²) in [5.74, 6) is -0.333. The Labute approximate surface area is 141 Å². The summed E-state index contributed by atoms with van der Waals surface area (Å²) in [6, 6.07) is 9.02. The van der Waals surface area contributed by atoms with Gasteiger partial charge in [0.05, 0.1) is 27.9 Å². The van der Waals surface area contributed by atoms with Crippen LogP contribution in [0.1, 0.15) is 17.2 Å². The second-order valence-corrected chi connectivity index (χ2v) is 7.52. The number of fused-ring (bicyclic) bond motifs is 1. The van der Waals surface area contributed by atoms with Crippen LogP contribution >= 0.6 is 0 Å². The molecule has 132 valence electrons. The second-order valence-electron chi connectivity index (χ2n) is 5.51. The van der Waals surface area contributed by atoms with Gasteiger partial charge in [-0.1, -0.05) is 30.3 Å². The van der Waals surface area contributed by atoms with Gasteiger partial charge in [0.25, 0.3) is 0 Å². The first-order valence-corrected chi connectivity index (χ1v) is 8.89. The molecular formula is C16H13F3N2O3S. The van der Waals surface area contributed by atoms with Crippen LogP contribution in [0.5, 0.6) is 0 Å². The van der Waals surface area contributed by atoms with Crippen LogP contribution in [-0.4, -0.2) is 20.2 Å². The molecule has 1 aliphatic rings.